The smallest absolute Gasteiger partial charge is 0.338 e. The molecule has 3 heterocycles. The molecule has 1 aromatic carbocycles. The minimum atomic E-state index is -1.27. The molecule has 1 amide bonds. The number of carbonyl (C=O) groups excluding carboxylic acids is 3. The molecule has 2 saturated heterocycles. The summed E-state index contributed by atoms with van der Waals surface area (Å²) in [6.07, 6.45) is 2.87. The molecule has 4 atom stereocenters. The molecule has 0 unspecified atom stereocenters. The number of hydrogen-bond donors (Lipinski definition) is 0. The summed E-state index contributed by atoms with van der Waals surface area (Å²) in [5, 5.41) is 11.5. The van der Waals surface area contributed by atoms with Crippen molar-refractivity contribution in [2.45, 2.75) is 18.6 Å². The monoisotopic (exact) mass is 342 g/mol. The summed E-state index contributed by atoms with van der Waals surface area (Å²) in [5.74, 6) is -3.75. The van der Waals surface area contributed by atoms with E-state index in [1.807, 2.05) is 0 Å². The van der Waals surface area contributed by atoms with Crippen LogP contribution in [0.5, 0.6) is 0 Å². The van der Waals surface area contributed by atoms with E-state index in [9.17, 15) is 19.5 Å². The number of aliphatic carboxylic acids is 1. The van der Waals surface area contributed by atoms with Crippen LogP contribution < -0.4 is 10.0 Å². The molecule has 2 fully saturated rings. The number of hydrogen-bond acceptors (Lipinski definition) is 6. The standard InChI is InChI=1S/C18H17NO6/c1-2-24-17(23)10-3-5-11(6-4-10)19-9-18-8-7-12(25-18)13(16(21)22)14(18)15(19)20/h3-8,12-14H,2,9H2,1H3,(H,21,22)/p-1/t12-,13-,14+,18+/m1/s1. The van der Waals surface area contributed by atoms with Crippen molar-refractivity contribution in [3.8, 4) is 0 Å². The van der Waals surface area contributed by atoms with E-state index in [0.29, 0.717) is 11.3 Å². The lowest BCUT2D eigenvalue weighted by Gasteiger charge is -2.24. The largest absolute Gasteiger partial charge is 0.550 e. The number of fused-ring (bicyclic) bond motifs is 1. The normalized spacial score (nSPS) is 32.1. The molecule has 0 aliphatic carbocycles. The zero-order valence-corrected chi connectivity index (χ0v) is 13.5. The molecule has 1 spiro atoms. The molecule has 0 aromatic heterocycles. The summed E-state index contributed by atoms with van der Waals surface area (Å²) in [6, 6.07) is 6.45. The number of benzene rings is 1. The molecule has 25 heavy (non-hydrogen) atoms. The maximum Gasteiger partial charge on any atom is 0.338 e. The first-order chi connectivity index (χ1) is 12.0. The zero-order valence-electron chi connectivity index (χ0n) is 13.5. The first kappa shape index (κ1) is 15.8. The van der Waals surface area contributed by atoms with Crippen molar-refractivity contribution >= 4 is 23.5 Å². The Hall–Kier alpha value is -2.67. The average Bonchev–Trinajstić information content (AvgIpc) is 3.23. The fourth-order valence-electron chi connectivity index (χ4n) is 3.98. The van der Waals surface area contributed by atoms with Crippen LogP contribution in [0.4, 0.5) is 5.69 Å². The van der Waals surface area contributed by atoms with Crippen LogP contribution in [0.15, 0.2) is 36.4 Å². The topological polar surface area (TPSA) is 96.0 Å². The fraction of sp³-hybridized carbons (Fsp3) is 0.389. The third kappa shape index (κ3) is 2.19. The Bertz CT molecular complexity index is 785. The van der Waals surface area contributed by atoms with E-state index < -0.39 is 35.5 Å². The number of anilines is 1. The Morgan fingerprint density at radius 3 is 2.72 bits per heavy atom. The number of esters is 1. The number of rotatable bonds is 4. The van der Waals surface area contributed by atoms with Gasteiger partial charge in [0.25, 0.3) is 0 Å². The fourth-order valence-corrected chi connectivity index (χ4v) is 3.98. The van der Waals surface area contributed by atoms with Crippen molar-refractivity contribution in [2.24, 2.45) is 11.8 Å². The molecule has 7 heteroatoms. The van der Waals surface area contributed by atoms with Crippen molar-refractivity contribution in [3.63, 3.8) is 0 Å². The molecule has 0 saturated carbocycles. The van der Waals surface area contributed by atoms with Crippen LogP contribution in [0.1, 0.15) is 17.3 Å². The van der Waals surface area contributed by atoms with Crippen molar-refractivity contribution in [1.29, 1.82) is 0 Å². The van der Waals surface area contributed by atoms with Crippen LogP contribution >= 0.6 is 0 Å². The van der Waals surface area contributed by atoms with Crippen LogP contribution in [0.25, 0.3) is 0 Å². The molecular formula is C18H16NO6-. The van der Waals surface area contributed by atoms with E-state index in [0.717, 1.165) is 0 Å². The summed E-state index contributed by atoms with van der Waals surface area (Å²) in [5.41, 5.74) is 0.0615. The number of nitrogens with zero attached hydrogens (tertiary/aromatic N) is 1. The number of ether oxygens (including phenoxy) is 2. The zero-order chi connectivity index (χ0) is 17.8. The van der Waals surface area contributed by atoms with Gasteiger partial charge in [0.2, 0.25) is 5.91 Å². The highest BCUT2D eigenvalue weighted by Crippen LogP contribution is 2.52. The molecule has 3 aliphatic rings. The summed E-state index contributed by atoms with van der Waals surface area (Å²) in [7, 11) is 0. The average molecular weight is 342 g/mol. The van der Waals surface area contributed by atoms with Gasteiger partial charge in [0.05, 0.1) is 30.7 Å². The third-order valence-corrected chi connectivity index (χ3v) is 5.06. The Morgan fingerprint density at radius 2 is 2.08 bits per heavy atom. The Morgan fingerprint density at radius 1 is 1.36 bits per heavy atom. The summed E-state index contributed by atoms with van der Waals surface area (Å²) in [6.45, 7) is 2.25. The van der Waals surface area contributed by atoms with E-state index in [1.165, 1.54) is 4.90 Å². The van der Waals surface area contributed by atoms with Gasteiger partial charge in [-0.05, 0) is 31.2 Å². The molecule has 130 valence electrons. The quantitative estimate of drug-likeness (QED) is 0.560. The summed E-state index contributed by atoms with van der Waals surface area (Å²) >= 11 is 0. The predicted octanol–water partition coefficient (Wildman–Crippen LogP) is -0.100. The molecule has 0 radical (unpaired) electrons. The lowest BCUT2D eigenvalue weighted by molar-refractivity contribution is -0.313. The lowest BCUT2D eigenvalue weighted by Crippen LogP contribution is -2.45. The van der Waals surface area contributed by atoms with Gasteiger partial charge in [-0.15, -0.1) is 0 Å². The van der Waals surface area contributed by atoms with Gasteiger partial charge in [0.15, 0.2) is 0 Å². The lowest BCUT2D eigenvalue weighted by atomic mass is 9.77. The Labute approximate surface area is 143 Å². The van der Waals surface area contributed by atoms with Gasteiger partial charge in [-0.1, -0.05) is 12.2 Å². The molecule has 1 aromatic rings. The van der Waals surface area contributed by atoms with Gasteiger partial charge >= 0.3 is 5.97 Å². The minimum absolute atomic E-state index is 0.242. The van der Waals surface area contributed by atoms with Gasteiger partial charge in [-0.25, -0.2) is 4.79 Å². The number of carboxylic acids is 1. The van der Waals surface area contributed by atoms with Gasteiger partial charge in [0, 0.05) is 17.6 Å². The number of carbonyl (C=O) groups is 3. The van der Waals surface area contributed by atoms with Gasteiger partial charge in [0.1, 0.15) is 5.60 Å². The van der Waals surface area contributed by atoms with Gasteiger partial charge in [-0.3, -0.25) is 4.79 Å². The Balaban J connectivity index is 1.61. The van der Waals surface area contributed by atoms with Crippen LogP contribution in [0.2, 0.25) is 0 Å². The molecule has 7 nitrogen and oxygen atoms in total. The third-order valence-electron chi connectivity index (χ3n) is 5.06. The first-order valence-corrected chi connectivity index (χ1v) is 8.13. The maximum atomic E-state index is 12.8. The van der Waals surface area contributed by atoms with E-state index in [2.05, 4.69) is 0 Å². The summed E-state index contributed by atoms with van der Waals surface area (Å²) in [4.78, 5) is 37.5. The predicted molar refractivity (Wildman–Crippen MR) is 83.5 cm³/mol. The summed E-state index contributed by atoms with van der Waals surface area (Å²) < 4.78 is 10.7. The molecular weight excluding hydrogens is 326 g/mol. The second-order valence-electron chi connectivity index (χ2n) is 6.41. The molecule has 0 N–H and O–H groups in total. The van der Waals surface area contributed by atoms with Crippen molar-refractivity contribution in [1.82, 2.24) is 0 Å². The van der Waals surface area contributed by atoms with E-state index >= 15 is 0 Å². The highest BCUT2D eigenvalue weighted by molar-refractivity contribution is 6.02. The van der Waals surface area contributed by atoms with Crippen LogP contribution in [0.3, 0.4) is 0 Å². The van der Waals surface area contributed by atoms with Crippen molar-refractivity contribution in [3.05, 3.63) is 42.0 Å². The highest BCUT2D eigenvalue weighted by atomic mass is 16.5. The second kappa shape index (κ2) is 5.42. The van der Waals surface area contributed by atoms with Crippen LogP contribution in [0, 0.1) is 11.8 Å². The number of carboxylic acid groups (broad SMARTS) is 1. The van der Waals surface area contributed by atoms with Gasteiger partial charge < -0.3 is 24.3 Å². The Kier molecular flexibility index (Phi) is 3.43. The van der Waals surface area contributed by atoms with Crippen molar-refractivity contribution < 1.29 is 29.0 Å². The first-order valence-electron chi connectivity index (χ1n) is 8.13. The van der Waals surface area contributed by atoms with E-state index in [-0.39, 0.29) is 19.1 Å². The number of amides is 1. The molecule has 2 bridgehead atoms. The van der Waals surface area contributed by atoms with E-state index in [1.54, 1.807) is 43.3 Å². The van der Waals surface area contributed by atoms with Gasteiger partial charge in [-0.2, -0.15) is 0 Å². The minimum Gasteiger partial charge on any atom is -0.550 e. The SMILES string of the molecule is CCOC(=O)c1ccc(N2C[C@]34C=C[C@@H](O3)[C@@H](C(=O)[O-])[C@H]4C2=O)cc1. The van der Waals surface area contributed by atoms with E-state index in [4.69, 9.17) is 9.47 Å². The molecule has 3 aliphatic heterocycles. The second-order valence-corrected chi connectivity index (χ2v) is 6.41. The molecule has 4 rings (SSSR count). The maximum absolute atomic E-state index is 12.8. The highest BCUT2D eigenvalue weighted by Gasteiger charge is 2.65. The van der Waals surface area contributed by atoms with Crippen LogP contribution in [-0.2, 0) is 19.1 Å². The van der Waals surface area contributed by atoms with Crippen molar-refractivity contribution in [2.75, 3.05) is 18.1 Å². The van der Waals surface area contributed by atoms with Crippen LogP contribution in [-0.4, -0.2) is 42.7 Å².